The molecule has 0 aliphatic rings. The van der Waals surface area contributed by atoms with Crippen LogP contribution in [0.2, 0.25) is 0 Å². The fourth-order valence-corrected chi connectivity index (χ4v) is 3.00. The molecule has 2 nitrogen and oxygen atoms in total. The van der Waals surface area contributed by atoms with Crippen molar-refractivity contribution < 1.29 is 0 Å². The first-order valence-electron chi connectivity index (χ1n) is 8.94. The summed E-state index contributed by atoms with van der Waals surface area (Å²) in [5, 5.41) is 0. The molecule has 0 N–H and O–H groups in total. The third kappa shape index (κ3) is 4.18. The molecule has 0 aromatic heterocycles. The van der Waals surface area contributed by atoms with Gasteiger partial charge in [-0.2, -0.15) is 0 Å². The van der Waals surface area contributed by atoms with Crippen LogP contribution in [0.1, 0.15) is 0 Å². The maximum atomic E-state index is 3.97. The molecule has 0 amide bonds. The van der Waals surface area contributed by atoms with E-state index in [0.717, 1.165) is 28.4 Å². The van der Waals surface area contributed by atoms with Crippen LogP contribution in [0.15, 0.2) is 122 Å². The van der Waals surface area contributed by atoms with Gasteiger partial charge in [0.1, 0.15) is 0 Å². The van der Waals surface area contributed by atoms with Crippen LogP contribution in [-0.2, 0) is 0 Å². The third-order valence-electron chi connectivity index (χ3n) is 4.41. The number of hydrogen-bond acceptors (Lipinski definition) is 2. The minimum atomic E-state index is 0.973. The van der Waals surface area contributed by atoms with Crippen molar-refractivity contribution >= 4 is 22.7 Å². The molecule has 27 heavy (non-hydrogen) atoms. The van der Waals surface area contributed by atoms with Gasteiger partial charge in [-0.15, -0.1) is 0 Å². The number of benzene rings is 3. The fraction of sp³-hybridized carbons (Fsp3) is 0.0400. The van der Waals surface area contributed by atoms with Crippen molar-refractivity contribution in [2.24, 2.45) is 0 Å². The van der Waals surface area contributed by atoms with Crippen LogP contribution in [0.3, 0.4) is 0 Å². The zero-order valence-electron chi connectivity index (χ0n) is 15.6. The lowest BCUT2D eigenvalue weighted by molar-refractivity contribution is 1.19. The van der Waals surface area contributed by atoms with Gasteiger partial charge in [0.25, 0.3) is 0 Å². The minimum absolute atomic E-state index is 0.973. The van der Waals surface area contributed by atoms with Crippen LogP contribution >= 0.6 is 0 Å². The van der Waals surface area contributed by atoms with E-state index in [9.17, 15) is 0 Å². The summed E-state index contributed by atoms with van der Waals surface area (Å²) in [6, 6.07) is 29.1. The molecule has 3 aromatic rings. The van der Waals surface area contributed by atoms with E-state index < -0.39 is 0 Å². The lowest BCUT2D eigenvalue weighted by atomic mass is 10.1. The zero-order valence-corrected chi connectivity index (χ0v) is 15.6. The quantitative estimate of drug-likeness (QED) is 0.429. The van der Waals surface area contributed by atoms with Crippen LogP contribution in [0.4, 0.5) is 22.7 Å². The molecule has 0 saturated heterocycles. The average molecular weight is 352 g/mol. The largest absolute Gasteiger partial charge is 0.345 e. The zero-order chi connectivity index (χ0) is 19.1. The molecule has 2 heteroatoms. The van der Waals surface area contributed by atoms with E-state index in [-0.39, 0.29) is 0 Å². The summed E-state index contributed by atoms with van der Waals surface area (Å²) in [6.07, 6.45) is 5.59. The van der Waals surface area contributed by atoms with Gasteiger partial charge in [-0.3, -0.25) is 0 Å². The van der Waals surface area contributed by atoms with Crippen molar-refractivity contribution in [2.45, 2.75) is 0 Å². The SMILES string of the molecule is C=C/C=C(\C=C)N(c1ccccc1)c1ccc(N(C)c2ccccc2)cc1. The molecule has 0 saturated carbocycles. The highest BCUT2D eigenvalue weighted by Crippen LogP contribution is 2.32. The second-order valence-corrected chi connectivity index (χ2v) is 6.11. The lowest BCUT2D eigenvalue weighted by Crippen LogP contribution is -2.15. The molecule has 0 aliphatic heterocycles. The number of allylic oxidation sites excluding steroid dienone is 3. The van der Waals surface area contributed by atoms with Gasteiger partial charge in [0, 0.05) is 35.5 Å². The molecule has 0 unspecified atom stereocenters. The van der Waals surface area contributed by atoms with E-state index in [0.29, 0.717) is 0 Å². The van der Waals surface area contributed by atoms with Crippen LogP contribution < -0.4 is 9.80 Å². The van der Waals surface area contributed by atoms with E-state index in [2.05, 4.69) is 78.5 Å². The standard InChI is InChI=1S/C25H24N2/c1-4-12-21(5-2)27(24-15-10-7-11-16-24)25-19-17-23(18-20-25)26(3)22-13-8-6-9-14-22/h4-20H,1-2H2,3H3/b21-12+. The van der Waals surface area contributed by atoms with Crippen molar-refractivity contribution in [3.05, 3.63) is 122 Å². The first-order chi connectivity index (χ1) is 13.2. The molecule has 134 valence electrons. The molecular formula is C25H24N2. The Morgan fingerprint density at radius 1 is 0.667 bits per heavy atom. The average Bonchev–Trinajstić information content (AvgIpc) is 2.74. The second-order valence-electron chi connectivity index (χ2n) is 6.11. The first-order valence-corrected chi connectivity index (χ1v) is 8.94. The number of hydrogen-bond donors (Lipinski definition) is 0. The summed E-state index contributed by atoms with van der Waals surface area (Å²) in [4.78, 5) is 4.34. The molecule has 0 heterocycles. The van der Waals surface area contributed by atoms with E-state index in [1.54, 1.807) is 6.08 Å². The van der Waals surface area contributed by atoms with Crippen molar-refractivity contribution in [3.8, 4) is 0 Å². The molecule has 3 rings (SSSR count). The van der Waals surface area contributed by atoms with E-state index >= 15 is 0 Å². The van der Waals surface area contributed by atoms with Gasteiger partial charge in [-0.25, -0.2) is 0 Å². The van der Waals surface area contributed by atoms with Crippen LogP contribution in [0, 0.1) is 0 Å². The Labute approximate surface area is 162 Å². The molecule has 0 fully saturated rings. The predicted molar refractivity (Wildman–Crippen MR) is 118 cm³/mol. The number of rotatable bonds is 7. The van der Waals surface area contributed by atoms with Gasteiger partial charge in [-0.1, -0.05) is 55.6 Å². The molecule has 0 bridgehead atoms. The molecule has 0 radical (unpaired) electrons. The van der Waals surface area contributed by atoms with E-state index in [1.165, 1.54) is 0 Å². The van der Waals surface area contributed by atoms with Gasteiger partial charge in [0.2, 0.25) is 0 Å². The highest BCUT2D eigenvalue weighted by Gasteiger charge is 2.13. The highest BCUT2D eigenvalue weighted by atomic mass is 15.1. The van der Waals surface area contributed by atoms with Crippen molar-refractivity contribution in [1.29, 1.82) is 0 Å². The molecule has 0 aliphatic carbocycles. The molecule has 3 aromatic carbocycles. The van der Waals surface area contributed by atoms with Crippen molar-refractivity contribution in [2.75, 3.05) is 16.8 Å². The van der Waals surface area contributed by atoms with Crippen LogP contribution in [0.25, 0.3) is 0 Å². The molecule has 0 atom stereocenters. The number of para-hydroxylation sites is 2. The Hall–Kier alpha value is -3.52. The summed E-state index contributed by atoms with van der Waals surface area (Å²) in [5.74, 6) is 0. The monoisotopic (exact) mass is 352 g/mol. The summed E-state index contributed by atoms with van der Waals surface area (Å²) < 4.78 is 0. The summed E-state index contributed by atoms with van der Waals surface area (Å²) in [5.41, 5.74) is 5.41. The van der Waals surface area contributed by atoms with Crippen molar-refractivity contribution in [3.63, 3.8) is 0 Å². The Balaban J connectivity index is 1.97. The van der Waals surface area contributed by atoms with Crippen LogP contribution in [0.5, 0.6) is 0 Å². The Morgan fingerprint density at radius 3 is 1.63 bits per heavy atom. The van der Waals surface area contributed by atoms with Crippen LogP contribution in [-0.4, -0.2) is 7.05 Å². The third-order valence-corrected chi connectivity index (χ3v) is 4.41. The predicted octanol–water partition coefficient (Wildman–Crippen LogP) is 6.85. The molecular weight excluding hydrogens is 328 g/mol. The van der Waals surface area contributed by atoms with Gasteiger partial charge in [0.05, 0.1) is 0 Å². The summed E-state index contributed by atoms with van der Waals surface area (Å²) in [7, 11) is 2.08. The van der Waals surface area contributed by atoms with Gasteiger partial charge in [-0.05, 0) is 60.7 Å². The smallest absolute Gasteiger partial charge is 0.0463 e. The van der Waals surface area contributed by atoms with Crippen molar-refractivity contribution in [1.82, 2.24) is 0 Å². The van der Waals surface area contributed by atoms with E-state index in [1.807, 2.05) is 48.6 Å². The summed E-state index contributed by atoms with van der Waals surface area (Å²) >= 11 is 0. The number of nitrogens with zero attached hydrogens (tertiary/aromatic N) is 2. The maximum absolute atomic E-state index is 3.97. The normalized spacial score (nSPS) is 10.9. The van der Waals surface area contributed by atoms with E-state index in [4.69, 9.17) is 0 Å². The van der Waals surface area contributed by atoms with Gasteiger partial charge in [0.15, 0.2) is 0 Å². The van der Waals surface area contributed by atoms with Gasteiger partial charge < -0.3 is 9.80 Å². The topological polar surface area (TPSA) is 6.48 Å². The van der Waals surface area contributed by atoms with Gasteiger partial charge >= 0.3 is 0 Å². The molecule has 0 spiro atoms. The second kappa shape index (κ2) is 8.72. The fourth-order valence-electron chi connectivity index (χ4n) is 3.00. The Kier molecular flexibility index (Phi) is 5.91. The lowest BCUT2D eigenvalue weighted by Gasteiger charge is -2.27. The summed E-state index contributed by atoms with van der Waals surface area (Å²) in [6.45, 7) is 7.80. The maximum Gasteiger partial charge on any atom is 0.0463 e. The minimum Gasteiger partial charge on any atom is -0.345 e. The Bertz CT molecular complexity index is 910. The Morgan fingerprint density at radius 2 is 1.11 bits per heavy atom. The first kappa shape index (κ1) is 18.3. The number of anilines is 4. The highest BCUT2D eigenvalue weighted by molar-refractivity contribution is 5.73.